The number of rotatable bonds is 6. The summed E-state index contributed by atoms with van der Waals surface area (Å²) in [5.74, 6) is 1.42. The predicted octanol–water partition coefficient (Wildman–Crippen LogP) is 4.78. The Morgan fingerprint density at radius 2 is 1.86 bits per heavy atom. The zero-order valence-electron chi connectivity index (χ0n) is 15.1. The van der Waals surface area contributed by atoms with Gasteiger partial charge in [-0.15, -0.1) is 0 Å². The third kappa shape index (κ3) is 5.02. The Morgan fingerprint density at radius 3 is 2.50 bits per heavy atom. The summed E-state index contributed by atoms with van der Waals surface area (Å²) in [5.41, 5.74) is 1.82. The van der Waals surface area contributed by atoms with Crippen molar-refractivity contribution < 1.29 is 13.9 Å². The largest absolute Gasteiger partial charge is 0.497 e. The van der Waals surface area contributed by atoms with Gasteiger partial charge < -0.3 is 14.5 Å². The van der Waals surface area contributed by atoms with Crippen molar-refractivity contribution in [2.45, 2.75) is 6.54 Å². The molecule has 0 bridgehead atoms. The number of nitrogens with zero attached hydrogens (tertiary/aromatic N) is 1. The molecule has 140 valence electrons. The van der Waals surface area contributed by atoms with Crippen molar-refractivity contribution in [1.29, 1.82) is 5.26 Å². The Balaban J connectivity index is 1.68. The number of nitriles is 1. The Morgan fingerprint density at radius 1 is 1.14 bits per heavy atom. The van der Waals surface area contributed by atoms with E-state index in [4.69, 9.17) is 9.15 Å². The van der Waals surface area contributed by atoms with E-state index in [0.29, 0.717) is 18.1 Å². The number of methoxy groups -OCH3 is 1. The SMILES string of the molecule is COc1ccc(CNC(=O)/C(C#N)=C\c2ccc(-c3ccc(I)cc3)o2)cc1. The van der Waals surface area contributed by atoms with Crippen molar-refractivity contribution in [1.82, 2.24) is 5.32 Å². The van der Waals surface area contributed by atoms with Crippen LogP contribution in [0.15, 0.2) is 70.7 Å². The molecular formula is C22H17IN2O3. The lowest BCUT2D eigenvalue weighted by Crippen LogP contribution is -2.23. The van der Waals surface area contributed by atoms with E-state index in [1.54, 1.807) is 13.2 Å². The molecule has 0 aliphatic rings. The molecule has 1 aromatic heterocycles. The van der Waals surface area contributed by atoms with Crippen LogP contribution in [0.1, 0.15) is 11.3 Å². The first-order valence-electron chi connectivity index (χ1n) is 8.48. The molecule has 0 atom stereocenters. The van der Waals surface area contributed by atoms with Gasteiger partial charge in [0.25, 0.3) is 5.91 Å². The smallest absolute Gasteiger partial charge is 0.262 e. The second kappa shape index (κ2) is 9.24. The minimum Gasteiger partial charge on any atom is -0.497 e. The van der Waals surface area contributed by atoms with Crippen molar-refractivity contribution in [3.05, 3.63) is 81.1 Å². The number of hydrogen-bond donors (Lipinski definition) is 1. The fraction of sp³-hybridized carbons (Fsp3) is 0.0909. The van der Waals surface area contributed by atoms with Crippen LogP contribution in [0.3, 0.4) is 0 Å². The average Bonchev–Trinajstić information content (AvgIpc) is 3.19. The van der Waals surface area contributed by atoms with Crippen LogP contribution in [-0.2, 0) is 11.3 Å². The van der Waals surface area contributed by atoms with E-state index in [9.17, 15) is 10.1 Å². The quantitative estimate of drug-likeness (QED) is 0.311. The lowest BCUT2D eigenvalue weighted by atomic mass is 10.2. The highest BCUT2D eigenvalue weighted by Crippen LogP contribution is 2.24. The number of benzene rings is 2. The third-order valence-electron chi connectivity index (χ3n) is 4.02. The molecule has 2 aromatic carbocycles. The van der Waals surface area contributed by atoms with Crippen molar-refractivity contribution >= 4 is 34.6 Å². The molecule has 28 heavy (non-hydrogen) atoms. The van der Waals surface area contributed by atoms with Crippen molar-refractivity contribution in [3.8, 4) is 23.1 Å². The normalized spacial score (nSPS) is 11.0. The fourth-order valence-corrected chi connectivity index (χ4v) is 2.87. The summed E-state index contributed by atoms with van der Waals surface area (Å²) in [6, 6.07) is 20.7. The summed E-state index contributed by atoms with van der Waals surface area (Å²) >= 11 is 2.24. The van der Waals surface area contributed by atoms with Crippen LogP contribution in [0.25, 0.3) is 17.4 Å². The maximum atomic E-state index is 12.3. The second-order valence-electron chi connectivity index (χ2n) is 5.91. The minimum absolute atomic E-state index is 0.0166. The van der Waals surface area contributed by atoms with E-state index in [1.807, 2.05) is 60.7 Å². The van der Waals surface area contributed by atoms with Gasteiger partial charge in [-0.2, -0.15) is 5.26 Å². The van der Waals surface area contributed by atoms with Crippen LogP contribution in [0.5, 0.6) is 5.75 Å². The molecule has 0 saturated carbocycles. The number of nitrogens with one attached hydrogen (secondary N) is 1. The van der Waals surface area contributed by atoms with Crippen molar-refractivity contribution in [2.24, 2.45) is 0 Å². The molecule has 0 saturated heterocycles. The number of carbonyl (C=O) groups is 1. The maximum absolute atomic E-state index is 12.3. The third-order valence-corrected chi connectivity index (χ3v) is 4.74. The molecule has 1 amide bonds. The maximum Gasteiger partial charge on any atom is 0.262 e. The number of amides is 1. The Kier molecular flexibility index (Phi) is 6.50. The topological polar surface area (TPSA) is 75.3 Å². The van der Waals surface area contributed by atoms with Gasteiger partial charge in [0.15, 0.2) is 0 Å². The highest BCUT2D eigenvalue weighted by molar-refractivity contribution is 14.1. The number of hydrogen-bond acceptors (Lipinski definition) is 4. The molecule has 5 nitrogen and oxygen atoms in total. The first-order chi connectivity index (χ1) is 13.6. The molecule has 0 fully saturated rings. The minimum atomic E-state index is -0.453. The first kappa shape index (κ1) is 19.7. The number of ether oxygens (including phenoxy) is 1. The van der Waals surface area contributed by atoms with Gasteiger partial charge in [0.1, 0.15) is 28.9 Å². The van der Waals surface area contributed by atoms with Gasteiger partial charge in [-0.05, 0) is 64.6 Å². The zero-order valence-corrected chi connectivity index (χ0v) is 17.3. The van der Waals surface area contributed by atoms with E-state index >= 15 is 0 Å². The number of furan rings is 1. The molecule has 0 unspecified atom stereocenters. The number of halogens is 1. The summed E-state index contributed by atoms with van der Waals surface area (Å²) in [5, 5.41) is 12.1. The van der Waals surface area contributed by atoms with Crippen LogP contribution in [0.4, 0.5) is 0 Å². The molecule has 0 spiro atoms. The Bertz CT molecular complexity index is 1030. The second-order valence-corrected chi connectivity index (χ2v) is 7.16. The van der Waals surface area contributed by atoms with Crippen LogP contribution in [0.2, 0.25) is 0 Å². The molecule has 0 aliphatic carbocycles. The van der Waals surface area contributed by atoms with Crippen molar-refractivity contribution in [2.75, 3.05) is 7.11 Å². The van der Waals surface area contributed by atoms with E-state index in [-0.39, 0.29) is 5.57 Å². The van der Waals surface area contributed by atoms with Gasteiger partial charge in [-0.1, -0.05) is 24.3 Å². The molecule has 1 heterocycles. The van der Waals surface area contributed by atoms with Gasteiger partial charge in [0, 0.05) is 21.8 Å². The highest BCUT2D eigenvalue weighted by Gasteiger charge is 2.11. The Labute approximate surface area is 176 Å². The lowest BCUT2D eigenvalue weighted by Gasteiger charge is -2.05. The van der Waals surface area contributed by atoms with Crippen LogP contribution in [-0.4, -0.2) is 13.0 Å². The van der Waals surface area contributed by atoms with Gasteiger partial charge >= 0.3 is 0 Å². The average molecular weight is 484 g/mol. The summed E-state index contributed by atoms with van der Waals surface area (Å²) in [4.78, 5) is 12.3. The summed E-state index contributed by atoms with van der Waals surface area (Å²) in [7, 11) is 1.60. The molecule has 1 N–H and O–H groups in total. The zero-order chi connectivity index (χ0) is 19.9. The van der Waals surface area contributed by atoms with Gasteiger partial charge in [-0.25, -0.2) is 0 Å². The first-order valence-corrected chi connectivity index (χ1v) is 9.55. The molecular weight excluding hydrogens is 467 g/mol. The molecule has 6 heteroatoms. The molecule has 3 aromatic rings. The summed E-state index contributed by atoms with van der Waals surface area (Å²) < 4.78 is 12.0. The van der Waals surface area contributed by atoms with Crippen LogP contribution < -0.4 is 10.1 Å². The lowest BCUT2D eigenvalue weighted by molar-refractivity contribution is -0.117. The molecule has 0 aliphatic heterocycles. The molecule has 0 radical (unpaired) electrons. The van der Waals surface area contributed by atoms with E-state index in [0.717, 1.165) is 20.4 Å². The highest BCUT2D eigenvalue weighted by atomic mass is 127. The van der Waals surface area contributed by atoms with Crippen LogP contribution in [0, 0.1) is 14.9 Å². The predicted molar refractivity (Wildman–Crippen MR) is 115 cm³/mol. The standard InChI is InChI=1S/C22H17IN2O3/c1-27-19-8-2-15(3-9-19)14-25-22(26)17(13-24)12-20-10-11-21(28-20)16-4-6-18(23)7-5-16/h2-12H,14H2,1H3,(H,25,26)/b17-12-. The summed E-state index contributed by atoms with van der Waals surface area (Å²) in [6.45, 7) is 0.313. The summed E-state index contributed by atoms with van der Waals surface area (Å²) in [6.07, 6.45) is 1.44. The van der Waals surface area contributed by atoms with E-state index < -0.39 is 5.91 Å². The van der Waals surface area contributed by atoms with Gasteiger partial charge in [-0.3, -0.25) is 4.79 Å². The van der Waals surface area contributed by atoms with Crippen molar-refractivity contribution in [3.63, 3.8) is 0 Å². The van der Waals surface area contributed by atoms with E-state index in [1.165, 1.54) is 6.08 Å². The van der Waals surface area contributed by atoms with Gasteiger partial charge in [0.2, 0.25) is 0 Å². The fourth-order valence-electron chi connectivity index (χ4n) is 2.51. The Hall–Kier alpha value is -3.05. The monoisotopic (exact) mass is 484 g/mol. The van der Waals surface area contributed by atoms with E-state index in [2.05, 4.69) is 27.9 Å². The van der Waals surface area contributed by atoms with Gasteiger partial charge in [0.05, 0.1) is 7.11 Å². The number of carbonyl (C=O) groups excluding carboxylic acids is 1. The van der Waals surface area contributed by atoms with Crippen LogP contribution >= 0.6 is 22.6 Å². The molecule has 3 rings (SSSR count).